The van der Waals surface area contributed by atoms with Crippen LogP contribution in [0, 0.1) is 23.4 Å². The summed E-state index contributed by atoms with van der Waals surface area (Å²) in [6.45, 7) is 4.63. The molecule has 0 aliphatic carbocycles. The molecule has 0 unspecified atom stereocenters. The minimum atomic E-state index is -0.779. The first-order valence-corrected chi connectivity index (χ1v) is 9.35. The number of hydrogen-bond donors (Lipinski definition) is 2. The predicted molar refractivity (Wildman–Crippen MR) is 110 cm³/mol. The van der Waals surface area contributed by atoms with E-state index in [-0.39, 0.29) is 28.7 Å². The summed E-state index contributed by atoms with van der Waals surface area (Å²) in [6.07, 6.45) is 0. The molecular formula is C21H19F3N6. The molecule has 0 aliphatic heterocycles. The number of nitrogens with one attached hydrogen (secondary N) is 1. The molecule has 9 heteroatoms. The molecule has 0 spiro atoms. The Balaban J connectivity index is 1.95. The minimum Gasteiger partial charge on any atom is -0.383 e. The Bertz CT molecular complexity index is 1220. The van der Waals surface area contributed by atoms with Crippen molar-refractivity contribution in [1.29, 1.82) is 0 Å². The molecule has 0 saturated carbocycles. The van der Waals surface area contributed by atoms with Crippen molar-refractivity contribution in [3.63, 3.8) is 0 Å². The quantitative estimate of drug-likeness (QED) is 0.503. The fourth-order valence-corrected chi connectivity index (χ4v) is 3.04. The summed E-state index contributed by atoms with van der Waals surface area (Å²) in [5.74, 6) is -1.15. The van der Waals surface area contributed by atoms with Gasteiger partial charge in [-0.05, 0) is 42.3 Å². The number of nitrogens with two attached hydrogens (primary N) is 1. The van der Waals surface area contributed by atoms with Gasteiger partial charge in [0, 0.05) is 18.2 Å². The van der Waals surface area contributed by atoms with E-state index in [9.17, 15) is 13.2 Å². The molecule has 4 rings (SSSR count). The number of anilines is 2. The lowest BCUT2D eigenvalue weighted by molar-refractivity contribution is 0.585. The first-order chi connectivity index (χ1) is 14.3. The van der Waals surface area contributed by atoms with E-state index in [4.69, 9.17) is 5.73 Å². The van der Waals surface area contributed by atoms with Gasteiger partial charge in [-0.2, -0.15) is 4.98 Å². The Kier molecular flexibility index (Phi) is 5.03. The van der Waals surface area contributed by atoms with Crippen LogP contribution in [0.2, 0.25) is 0 Å². The lowest BCUT2D eigenvalue weighted by atomic mass is 10.1. The molecule has 0 atom stereocenters. The van der Waals surface area contributed by atoms with Gasteiger partial charge in [-0.1, -0.05) is 13.8 Å². The molecule has 3 N–H and O–H groups in total. The van der Waals surface area contributed by atoms with E-state index in [2.05, 4.69) is 20.4 Å². The monoisotopic (exact) mass is 412 g/mol. The minimum absolute atomic E-state index is 0.0711. The second-order valence-corrected chi connectivity index (χ2v) is 7.27. The van der Waals surface area contributed by atoms with E-state index < -0.39 is 17.5 Å². The maximum atomic E-state index is 14.6. The lowest BCUT2D eigenvalue weighted by Crippen LogP contribution is -2.11. The van der Waals surface area contributed by atoms with Gasteiger partial charge in [0.2, 0.25) is 5.95 Å². The summed E-state index contributed by atoms with van der Waals surface area (Å²) in [4.78, 5) is 8.84. The molecule has 4 aromatic rings. The number of fused-ring (bicyclic) bond motifs is 1. The predicted octanol–water partition coefficient (Wildman–Crippen LogP) is 4.55. The van der Waals surface area contributed by atoms with Crippen molar-refractivity contribution in [3.05, 3.63) is 59.9 Å². The van der Waals surface area contributed by atoms with Gasteiger partial charge < -0.3 is 11.1 Å². The number of hydrogen-bond acceptors (Lipinski definition) is 5. The topological polar surface area (TPSA) is 81.6 Å². The average molecular weight is 412 g/mol. The standard InChI is InChI=1S/C21H19F3N6/c1-11(2)10-26-21-27-18(15-8-5-13(23)9-16(15)24)17-19(25)30(29-20(17)28-21)14-6-3-12(22)4-7-14/h3-9,11H,10,25H2,1-2H3,(H,26,28,29). The van der Waals surface area contributed by atoms with Crippen LogP contribution in [0.1, 0.15) is 13.8 Å². The van der Waals surface area contributed by atoms with Crippen molar-refractivity contribution >= 4 is 22.8 Å². The van der Waals surface area contributed by atoms with Crippen LogP contribution < -0.4 is 11.1 Å². The molecule has 0 aliphatic rings. The van der Waals surface area contributed by atoms with E-state index in [0.29, 0.717) is 23.5 Å². The van der Waals surface area contributed by atoms with Gasteiger partial charge >= 0.3 is 0 Å². The lowest BCUT2D eigenvalue weighted by Gasteiger charge is -2.10. The second-order valence-electron chi connectivity index (χ2n) is 7.27. The summed E-state index contributed by atoms with van der Waals surface area (Å²) in [6, 6.07) is 8.82. The highest BCUT2D eigenvalue weighted by molar-refractivity contribution is 5.99. The average Bonchev–Trinajstić information content (AvgIpc) is 3.03. The van der Waals surface area contributed by atoms with Gasteiger partial charge in [-0.15, -0.1) is 5.10 Å². The Labute approximate surface area is 170 Å². The van der Waals surface area contributed by atoms with Crippen LogP contribution in [0.15, 0.2) is 42.5 Å². The van der Waals surface area contributed by atoms with E-state index in [0.717, 1.165) is 12.1 Å². The summed E-state index contributed by atoms with van der Waals surface area (Å²) in [5, 5.41) is 7.83. The summed E-state index contributed by atoms with van der Waals surface area (Å²) in [7, 11) is 0. The number of benzene rings is 2. The number of aromatic nitrogens is 4. The number of nitrogens with zero attached hydrogens (tertiary/aromatic N) is 4. The van der Waals surface area contributed by atoms with E-state index in [1.165, 1.54) is 35.0 Å². The molecule has 6 nitrogen and oxygen atoms in total. The van der Waals surface area contributed by atoms with Gasteiger partial charge in [0.1, 0.15) is 23.3 Å². The van der Waals surface area contributed by atoms with Crippen molar-refractivity contribution in [2.75, 3.05) is 17.6 Å². The van der Waals surface area contributed by atoms with Crippen molar-refractivity contribution in [2.45, 2.75) is 13.8 Å². The van der Waals surface area contributed by atoms with Gasteiger partial charge in [0.15, 0.2) is 5.65 Å². The fourth-order valence-electron chi connectivity index (χ4n) is 3.04. The molecule has 0 radical (unpaired) electrons. The molecular weight excluding hydrogens is 393 g/mol. The zero-order chi connectivity index (χ0) is 21.4. The zero-order valence-corrected chi connectivity index (χ0v) is 16.3. The highest BCUT2D eigenvalue weighted by Gasteiger charge is 2.21. The van der Waals surface area contributed by atoms with Gasteiger partial charge in [0.05, 0.1) is 16.8 Å². The fraction of sp³-hybridized carbons (Fsp3) is 0.190. The smallest absolute Gasteiger partial charge is 0.225 e. The van der Waals surface area contributed by atoms with Crippen LogP contribution in [0.4, 0.5) is 24.9 Å². The maximum absolute atomic E-state index is 14.6. The van der Waals surface area contributed by atoms with Gasteiger partial charge in [-0.25, -0.2) is 22.8 Å². The molecule has 154 valence electrons. The van der Waals surface area contributed by atoms with Crippen LogP contribution in [0.5, 0.6) is 0 Å². The van der Waals surface area contributed by atoms with Crippen LogP contribution in [-0.2, 0) is 0 Å². The third kappa shape index (κ3) is 3.66. The summed E-state index contributed by atoms with van der Waals surface area (Å²) >= 11 is 0. The van der Waals surface area contributed by atoms with E-state index >= 15 is 0 Å². The Hall–Kier alpha value is -3.62. The highest BCUT2D eigenvalue weighted by Crippen LogP contribution is 2.34. The largest absolute Gasteiger partial charge is 0.383 e. The van der Waals surface area contributed by atoms with Crippen molar-refractivity contribution in [3.8, 4) is 16.9 Å². The van der Waals surface area contributed by atoms with Crippen LogP contribution >= 0.6 is 0 Å². The highest BCUT2D eigenvalue weighted by atomic mass is 19.1. The molecule has 2 heterocycles. The Morgan fingerprint density at radius 3 is 2.37 bits per heavy atom. The number of rotatable bonds is 5. The van der Waals surface area contributed by atoms with Crippen LogP contribution in [0.25, 0.3) is 28.0 Å². The summed E-state index contributed by atoms with van der Waals surface area (Å²) < 4.78 is 42.7. The van der Waals surface area contributed by atoms with E-state index in [1.807, 2.05) is 13.8 Å². The van der Waals surface area contributed by atoms with E-state index in [1.54, 1.807) is 0 Å². The SMILES string of the molecule is CC(C)CNc1nc(-c2ccc(F)cc2F)c2c(N)n(-c3ccc(F)cc3)nc2n1. The molecule has 2 aromatic heterocycles. The molecule has 0 bridgehead atoms. The molecule has 0 amide bonds. The van der Waals surface area contributed by atoms with Crippen molar-refractivity contribution < 1.29 is 13.2 Å². The van der Waals surface area contributed by atoms with Crippen LogP contribution in [0.3, 0.4) is 0 Å². The van der Waals surface area contributed by atoms with Crippen LogP contribution in [-0.4, -0.2) is 26.3 Å². The molecule has 2 aromatic carbocycles. The third-order valence-electron chi connectivity index (χ3n) is 4.49. The number of halogens is 3. The maximum Gasteiger partial charge on any atom is 0.225 e. The molecule has 0 saturated heterocycles. The normalized spacial score (nSPS) is 11.4. The zero-order valence-electron chi connectivity index (χ0n) is 16.3. The third-order valence-corrected chi connectivity index (χ3v) is 4.49. The van der Waals surface area contributed by atoms with Gasteiger partial charge in [-0.3, -0.25) is 0 Å². The first-order valence-electron chi connectivity index (χ1n) is 9.35. The summed E-state index contributed by atoms with van der Waals surface area (Å²) in [5.41, 5.74) is 7.31. The Morgan fingerprint density at radius 2 is 1.70 bits per heavy atom. The Morgan fingerprint density at radius 1 is 1.00 bits per heavy atom. The van der Waals surface area contributed by atoms with Crippen molar-refractivity contribution in [2.24, 2.45) is 5.92 Å². The molecule has 0 fully saturated rings. The second kappa shape index (κ2) is 7.66. The first kappa shape index (κ1) is 19.7. The van der Waals surface area contributed by atoms with Gasteiger partial charge in [0.25, 0.3) is 0 Å². The van der Waals surface area contributed by atoms with Crippen molar-refractivity contribution in [1.82, 2.24) is 19.7 Å². The number of nitrogen functional groups attached to an aromatic ring is 1. The molecule has 30 heavy (non-hydrogen) atoms.